The van der Waals surface area contributed by atoms with Gasteiger partial charge < -0.3 is 10.1 Å². The lowest BCUT2D eigenvalue weighted by Crippen LogP contribution is -2.12. The van der Waals surface area contributed by atoms with E-state index < -0.39 is 0 Å². The molecule has 1 aromatic carbocycles. The van der Waals surface area contributed by atoms with Crippen molar-refractivity contribution in [2.24, 2.45) is 0 Å². The number of carbonyl (C=O) groups excluding carboxylic acids is 1. The zero-order valence-corrected chi connectivity index (χ0v) is 14.8. The van der Waals surface area contributed by atoms with Crippen LogP contribution in [0.3, 0.4) is 0 Å². The third-order valence-electron chi connectivity index (χ3n) is 2.71. The Kier molecular flexibility index (Phi) is 5.77. The summed E-state index contributed by atoms with van der Waals surface area (Å²) in [5, 5.41) is 5.45. The van der Waals surface area contributed by atoms with Crippen LogP contribution in [0.2, 0.25) is 0 Å². The van der Waals surface area contributed by atoms with E-state index in [2.05, 4.69) is 48.6 Å². The van der Waals surface area contributed by atoms with Gasteiger partial charge in [0.15, 0.2) is 0 Å². The number of esters is 1. The van der Waals surface area contributed by atoms with Gasteiger partial charge >= 0.3 is 5.97 Å². The first kappa shape index (κ1) is 15.7. The molecule has 0 aliphatic heterocycles. The molecule has 0 saturated heterocycles. The molecule has 6 heteroatoms. The minimum atomic E-state index is -0.325. The number of thiophene rings is 1. The van der Waals surface area contributed by atoms with Crippen molar-refractivity contribution < 1.29 is 9.53 Å². The Hall–Kier alpha value is -0.690. The van der Waals surface area contributed by atoms with E-state index >= 15 is 0 Å². The molecule has 2 rings (SSSR count). The Morgan fingerprint density at radius 1 is 1.30 bits per heavy atom. The molecule has 1 N–H and O–H groups in total. The zero-order valence-electron chi connectivity index (χ0n) is 10.8. The van der Waals surface area contributed by atoms with Gasteiger partial charge in [0, 0.05) is 32.3 Å². The van der Waals surface area contributed by atoms with Gasteiger partial charge in [0.1, 0.15) is 0 Å². The smallest absolute Gasteiger partial charge is 0.337 e. The van der Waals surface area contributed by atoms with E-state index in [4.69, 9.17) is 4.74 Å². The maximum absolute atomic E-state index is 11.4. The number of ether oxygens (including phenoxy) is 1. The standard InChI is InChI=1S/C14H13Br2NO2S/c1-19-14(18)9-2-3-10(13(16)4-9)6-17-7-12-5-11(15)8-20-12/h2-5,8,17H,6-7H2,1H3. The van der Waals surface area contributed by atoms with Gasteiger partial charge in [0.25, 0.3) is 0 Å². The largest absolute Gasteiger partial charge is 0.465 e. The van der Waals surface area contributed by atoms with Gasteiger partial charge in [-0.05, 0) is 39.7 Å². The van der Waals surface area contributed by atoms with Gasteiger partial charge in [-0.25, -0.2) is 4.79 Å². The summed E-state index contributed by atoms with van der Waals surface area (Å²) in [7, 11) is 1.38. The van der Waals surface area contributed by atoms with E-state index in [0.29, 0.717) is 5.56 Å². The molecule has 0 aliphatic carbocycles. The SMILES string of the molecule is COC(=O)c1ccc(CNCc2cc(Br)cs2)c(Br)c1. The number of hydrogen-bond donors (Lipinski definition) is 1. The highest BCUT2D eigenvalue weighted by Gasteiger charge is 2.08. The molecule has 0 unspecified atom stereocenters. The molecule has 0 saturated carbocycles. The molecule has 1 heterocycles. The van der Waals surface area contributed by atoms with Crippen molar-refractivity contribution in [3.05, 3.63) is 54.6 Å². The minimum absolute atomic E-state index is 0.325. The fourth-order valence-corrected chi connectivity index (χ4v) is 3.64. The maximum atomic E-state index is 11.4. The lowest BCUT2D eigenvalue weighted by molar-refractivity contribution is 0.0600. The summed E-state index contributed by atoms with van der Waals surface area (Å²) in [5.41, 5.74) is 1.65. The van der Waals surface area contributed by atoms with Crippen LogP contribution in [0, 0.1) is 0 Å². The van der Waals surface area contributed by atoms with E-state index in [-0.39, 0.29) is 5.97 Å². The van der Waals surface area contributed by atoms with E-state index in [1.807, 2.05) is 6.07 Å². The Morgan fingerprint density at radius 3 is 2.70 bits per heavy atom. The van der Waals surface area contributed by atoms with Crippen LogP contribution < -0.4 is 5.32 Å². The van der Waals surface area contributed by atoms with Gasteiger partial charge in [-0.2, -0.15) is 0 Å². The Balaban J connectivity index is 1.94. The van der Waals surface area contributed by atoms with Gasteiger partial charge in [-0.1, -0.05) is 22.0 Å². The van der Waals surface area contributed by atoms with Gasteiger partial charge in [0.2, 0.25) is 0 Å². The van der Waals surface area contributed by atoms with Gasteiger partial charge in [-0.15, -0.1) is 11.3 Å². The van der Waals surface area contributed by atoms with Crippen molar-refractivity contribution in [1.82, 2.24) is 5.32 Å². The third kappa shape index (κ3) is 4.15. The molecule has 0 amide bonds. The second kappa shape index (κ2) is 7.36. The van der Waals surface area contributed by atoms with Crippen LogP contribution in [0.1, 0.15) is 20.8 Å². The Morgan fingerprint density at radius 2 is 2.10 bits per heavy atom. The summed E-state index contributed by atoms with van der Waals surface area (Å²) in [5.74, 6) is -0.325. The predicted octanol–water partition coefficient (Wildman–Crippen LogP) is 4.35. The van der Waals surface area contributed by atoms with Crippen molar-refractivity contribution in [1.29, 1.82) is 0 Å². The Labute approximate surface area is 138 Å². The summed E-state index contributed by atoms with van der Waals surface area (Å²) in [4.78, 5) is 12.7. The summed E-state index contributed by atoms with van der Waals surface area (Å²) >= 11 is 8.64. The summed E-state index contributed by atoms with van der Waals surface area (Å²) in [6, 6.07) is 7.58. The summed E-state index contributed by atoms with van der Waals surface area (Å²) < 4.78 is 6.71. The molecule has 3 nitrogen and oxygen atoms in total. The summed E-state index contributed by atoms with van der Waals surface area (Å²) in [6.45, 7) is 1.55. The highest BCUT2D eigenvalue weighted by molar-refractivity contribution is 9.10. The highest BCUT2D eigenvalue weighted by atomic mass is 79.9. The lowest BCUT2D eigenvalue weighted by Gasteiger charge is -2.07. The molecule has 0 fully saturated rings. The first-order valence-corrected chi connectivity index (χ1v) is 8.37. The van der Waals surface area contributed by atoms with Crippen LogP contribution in [0.4, 0.5) is 0 Å². The fraction of sp³-hybridized carbons (Fsp3) is 0.214. The summed E-state index contributed by atoms with van der Waals surface area (Å²) in [6.07, 6.45) is 0. The molecule has 0 spiro atoms. The molecule has 0 bridgehead atoms. The molecule has 1 aromatic heterocycles. The molecule has 20 heavy (non-hydrogen) atoms. The number of rotatable bonds is 5. The predicted molar refractivity (Wildman–Crippen MR) is 88.0 cm³/mol. The van der Waals surface area contributed by atoms with Crippen LogP contribution in [0.15, 0.2) is 38.6 Å². The molecule has 106 valence electrons. The van der Waals surface area contributed by atoms with E-state index in [1.165, 1.54) is 12.0 Å². The average Bonchev–Trinajstić information content (AvgIpc) is 2.85. The molecule has 0 atom stereocenters. The minimum Gasteiger partial charge on any atom is -0.465 e. The lowest BCUT2D eigenvalue weighted by atomic mass is 10.1. The van der Waals surface area contributed by atoms with E-state index in [0.717, 1.165) is 27.6 Å². The van der Waals surface area contributed by atoms with E-state index in [1.54, 1.807) is 23.5 Å². The normalized spacial score (nSPS) is 10.6. The molecule has 0 radical (unpaired) electrons. The van der Waals surface area contributed by atoms with Crippen molar-refractivity contribution in [3.8, 4) is 0 Å². The topological polar surface area (TPSA) is 38.3 Å². The molecule has 0 aliphatic rings. The second-order valence-electron chi connectivity index (χ2n) is 4.13. The number of halogens is 2. The van der Waals surface area contributed by atoms with Crippen LogP contribution in [-0.2, 0) is 17.8 Å². The van der Waals surface area contributed by atoms with Crippen molar-refractivity contribution in [2.75, 3.05) is 7.11 Å². The van der Waals surface area contributed by atoms with Crippen molar-refractivity contribution in [3.63, 3.8) is 0 Å². The monoisotopic (exact) mass is 417 g/mol. The number of benzene rings is 1. The van der Waals surface area contributed by atoms with Crippen LogP contribution in [0.5, 0.6) is 0 Å². The number of carbonyl (C=O) groups is 1. The van der Waals surface area contributed by atoms with Gasteiger partial charge in [0.05, 0.1) is 12.7 Å². The highest BCUT2D eigenvalue weighted by Crippen LogP contribution is 2.21. The molecule has 2 aromatic rings. The van der Waals surface area contributed by atoms with Gasteiger partial charge in [-0.3, -0.25) is 0 Å². The third-order valence-corrected chi connectivity index (χ3v) is 5.15. The van der Waals surface area contributed by atoms with Crippen molar-refractivity contribution in [2.45, 2.75) is 13.1 Å². The molecular formula is C14H13Br2NO2S. The molecular weight excluding hydrogens is 406 g/mol. The zero-order chi connectivity index (χ0) is 14.5. The van der Waals surface area contributed by atoms with E-state index in [9.17, 15) is 4.79 Å². The fourth-order valence-electron chi connectivity index (χ4n) is 1.70. The number of nitrogens with one attached hydrogen (secondary N) is 1. The second-order valence-corrected chi connectivity index (χ2v) is 6.90. The number of methoxy groups -OCH3 is 1. The first-order chi connectivity index (χ1) is 9.60. The number of hydrogen-bond acceptors (Lipinski definition) is 4. The maximum Gasteiger partial charge on any atom is 0.337 e. The average molecular weight is 419 g/mol. The van der Waals surface area contributed by atoms with Crippen LogP contribution in [-0.4, -0.2) is 13.1 Å². The van der Waals surface area contributed by atoms with Crippen LogP contribution >= 0.6 is 43.2 Å². The first-order valence-electron chi connectivity index (χ1n) is 5.90. The van der Waals surface area contributed by atoms with Crippen LogP contribution in [0.25, 0.3) is 0 Å². The van der Waals surface area contributed by atoms with Crippen molar-refractivity contribution >= 4 is 49.2 Å². The quantitative estimate of drug-likeness (QED) is 0.733. The Bertz CT molecular complexity index is 613.